The predicted octanol–water partition coefficient (Wildman–Crippen LogP) is 3.44. The Balaban J connectivity index is 2.00. The summed E-state index contributed by atoms with van der Waals surface area (Å²) < 4.78 is 43.0. The van der Waals surface area contributed by atoms with Crippen LogP contribution in [0.25, 0.3) is 11.3 Å². The first kappa shape index (κ1) is 15.6. The molecule has 0 saturated carbocycles. The molecule has 6 heteroatoms. The molecule has 1 aromatic heterocycles. The van der Waals surface area contributed by atoms with Crippen molar-refractivity contribution < 1.29 is 22.7 Å². The van der Waals surface area contributed by atoms with Crippen LogP contribution in [0.15, 0.2) is 40.8 Å². The Bertz CT molecular complexity index is 561. The van der Waals surface area contributed by atoms with E-state index < -0.39 is 11.7 Å². The molecule has 0 atom stereocenters. The maximum Gasteiger partial charge on any atom is 0.416 e. The number of aliphatic hydroxyl groups excluding tert-OH is 1. The quantitative estimate of drug-likeness (QED) is 0.803. The molecule has 0 saturated heterocycles. The van der Waals surface area contributed by atoms with Crippen LogP contribution in [0, 0.1) is 0 Å². The van der Waals surface area contributed by atoms with Gasteiger partial charge in [-0.15, -0.1) is 0 Å². The van der Waals surface area contributed by atoms with Crippen LogP contribution >= 0.6 is 0 Å². The van der Waals surface area contributed by atoms with Gasteiger partial charge in [0.1, 0.15) is 11.5 Å². The number of furan rings is 1. The van der Waals surface area contributed by atoms with E-state index in [2.05, 4.69) is 5.32 Å². The standard InChI is InChI=1S/C15H16F3NO2/c16-15(17,18)12-4-2-11(3-5-12)14-7-6-13(21-14)10-19-8-1-9-20/h2-7,19-20H,1,8-10H2. The SMILES string of the molecule is OCCCNCc1ccc(-c2ccc(C(F)(F)F)cc2)o1. The molecule has 0 bridgehead atoms. The Kier molecular flexibility index (Phi) is 5.03. The molecule has 0 aliphatic rings. The molecule has 1 heterocycles. The van der Waals surface area contributed by atoms with Crippen molar-refractivity contribution in [2.75, 3.05) is 13.2 Å². The Hall–Kier alpha value is -1.79. The van der Waals surface area contributed by atoms with Crippen molar-refractivity contribution >= 4 is 0 Å². The van der Waals surface area contributed by atoms with Gasteiger partial charge in [-0.05, 0) is 37.2 Å². The summed E-state index contributed by atoms with van der Waals surface area (Å²) in [5.74, 6) is 1.23. The highest BCUT2D eigenvalue weighted by Crippen LogP contribution is 2.31. The van der Waals surface area contributed by atoms with Crippen LogP contribution < -0.4 is 5.32 Å². The minimum Gasteiger partial charge on any atom is -0.460 e. The molecule has 0 aliphatic heterocycles. The molecule has 0 unspecified atom stereocenters. The van der Waals surface area contributed by atoms with Crippen molar-refractivity contribution in [1.29, 1.82) is 0 Å². The first-order valence-corrected chi connectivity index (χ1v) is 6.58. The molecule has 21 heavy (non-hydrogen) atoms. The van der Waals surface area contributed by atoms with Gasteiger partial charge in [0.15, 0.2) is 0 Å². The highest BCUT2D eigenvalue weighted by molar-refractivity contribution is 5.58. The summed E-state index contributed by atoms with van der Waals surface area (Å²) in [6.45, 7) is 1.31. The van der Waals surface area contributed by atoms with Crippen molar-refractivity contribution in [3.63, 3.8) is 0 Å². The topological polar surface area (TPSA) is 45.4 Å². The average molecular weight is 299 g/mol. The smallest absolute Gasteiger partial charge is 0.416 e. The van der Waals surface area contributed by atoms with E-state index in [4.69, 9.17) is 9.52 Å². The fourth-order valence-corrected chi connectivity index (χ4v) is 1.87. The third kappa shape index (κ3) is 4.34. The van der Waals surface area contributed by atoms with Crippen molar-refractivity contribution in [2.24, 2.45) is 0 Å². The molecule has 0 aliphatic carbocycles. The maximum atomic E-state index is 12.5. The van der Waals surface area contributed by atoms with Crippen LogP contribution in [0.5, 0.6) is 0 Å². The van der Waals surface area contributed by atoms with Gasteiger partial charge in [-0.25, -0.2) is 0 Å². The Labute approximate surface area is 120 Å². The molecule has 0 fully saturated rings. The fraction of sp³-hybridized carbons (Fsp3) is 0.333. The zero-order valence-corrected chi connectivity index (χ0v) is 11.3. The number of alkyl halides is 3. The van der Waals surface area contributed by atoms with E-state index in [0.717, 1.165) is 12.1 Å². The van der Waals surface area contributed by atoms with E-state index in [0.29, 0.717) is 36.6 Å². The normalized spacial score (nSPS) is 11.8. The third-order valence-corrected chi connectivity index (χ3v) is 2.97. The Morgan fingerprint density at radius 2 is 1.76 bits per heavy atom. The van der Waals surface area contributed by atoms with Crippen molar-refractivity contribution in [2.45, 2.75) is 19.1 Å². The lowest BCUT2D eigenvalue weighted by Crippen LogP contribution is -2.15. The van der Waals surface area contributed by atoms with Gasteiger partial charge in [0.2, 0.25) is 0 Å². The molecule has 2 aromatic rings. The summed E-state index contributed by atoms with van der Waals surface area (Å²) in [7, 11) is 0. The number of benzene rings is 1. The van der Waals surface area contributed by atoms with E-state index in [9.17, 15) is 13.2 Å². The van der Waals surface area contributed by atoms with Crippen molar-refractivity contribution in [3.8, 4) is 11.3 Å². The molecular weight excluding hydrogens is 283 g/mol. The number of halogens is 3. The van der Waals surface area contributed by atoms with Crippen LogP contribution in [0.4, 0.5) is 13.2 Å². The summed E-state index contributed by atoms with van der Waals surface area (Å²) in [5.41, 5.74) is -0.0756. The lowest BCUT2D eigenvalue weighted by atomic mass is 10.1. The van der Waals surface area contributed by atoms with Crippen molar-refractivity contribution in [1.82, 2.24) is 5.32 Å². The highest BCUT2D eigenvalue weighted by atomic mass is 19.4. The molecule has 0 amide bonds. The largest absolute Gasteiger partial charge is 0.460 e. The lowest BCUT2D eigenvalue weighted by molar-refractivity contribution is -0.137. The van der Waals surface area contributed by atoms with Crippen LogP contribution in [0.3, 0.4) is 0 Å². The van der Waals surface area contributed by atoms with Gasteiger partial charge in [0.05, 0.1) is 12.1 Å². The number of hydrogen-bond donors (Lipinski definition) is 2. The molecule has 1 aromatic carbocycles. The molecule has 114 valence electrons. The molecular formula is C15H16F3NO2. The van der Waals surface area contributed by atoms with Crippen LogP contribution in [-0.4, -0.2) is 18.3 Å². The van der Waals surface area contributed by atoms with E-state index in [1.807, 2.05) is 0 Å². The fourth-order valence-electron chi connectivity index (χ4n) is 1.87. The average Bonchev–Trinajstić information content (AvgIpc) is 2.92. The molecule has 3 nitrogen and oxygen atoms in total. The molecule has 2 N–H and O–H groups in total. The first-order chi connectivity index (χ1) is 10.0. The van der Waals surface area contributed by atoms with Gasteiger partial charge in [-0.2, -0.15) is 13.2 Å². The van der Waals surface area contributed by atoms with Gasteiger partial charge in [0, 0.05) is 12.2 Å². The zero-order valence-electron chi connectivity index (χ0n) is 11.3. The Morgan fingerprint density at radius 1 is 1.05 bits per heavy atom. The van der Waals surface area contributed by atoms with Crippen molar-refractivity contribution in [3.05, 3.63) is 47.7 Å². The van der Waals surface area contributed by atoms with E-state index in [-0.39, 0.29) is 6.61 Å². The second kappa shape index (κ2) is 6.78. The number of aliphatic hydroxyl groups is 1. The summed E-state index contributed by atoms with van der Waals surface area (Å²) >= 11 is 0. The summed E-state index contributed by atoms with van der Waals surface area (Å²) in [4.78, 5) is 0. The first-order valence-electron chi connectivity index (χ1n) is 6.58. The Morgan fingerprint density at radius 3 is 2.38 bits per heavy atom. The monoisotopic (exact) mass is 299 g/mol. The van der Waals surface area contributed by atoms with Gasteiger partial charge >= 0.3 is 6.18 Å². The zero-order chi connectivity index (χ0) is 15.3. The van der Waals surface area contributed by atoms with Crippen LogP contribution in [0.1, 0.15) is 17.7 Å². The van der Waals surface area contributed by atoms with Crippen LogP contribution in [-0.2, 0) is 12.7 Å². The maximum absolute atomic E-state index is 12.5. The van der Waals surface area contributed by atoms with E-state index in [1.54, 1.807) is 12.1 Å². The van der Waals surface area contributed by atoms with E-state index in [1.165, 1.54) is 12.1 Å². The van der Waals surface area contributed by atoms with Gasteiger partial charge < -0.3 is 14.8 Å². The second-order valence-corrected chi connectivity index (χ2v) is 4.60. The predicted molar refractivity (Wildman–Crippen MR) is 72.6 cm³/mol. The van der Waals surface area contributed by atoms with Crippen LogP contribution in [0.2, 0.25) is 0 Å². The highest BCUT2D eigenvalue weighted by Gasteiger charge is 2.30. The summed E-state index contributed by atoms with van der Waals surface area (Å²) in [5, 5.41) is 11.7. The molecule has 0 radical (unpaired) electrons. The minimum atomic E-state index is -4.33. The van der Waals surface area contributed by atoms with Gasteiger partial charge in [0.25, 0.3) is 0 Å². The number of nitrogens with one attached hydrogen (secondary N) is 1. The van der Waals surface area contributed by atoms with E-state index >= 15 is 0 Å². The number of hydrogen-bond acceptors (Lipinski definition) is 3. The van der Waals surface area contributed by atoms with Gasteiger partial charge in [-0.1, -0.05) is 12.1 Å². The number of rotatable bonds is 6. The lowest BCUT2D eigenvalue weighted by Gasteiger charge is -2.06. The summed E-state index contributed by atoms with van der Waals surface area (Å²) in [6, 6.07) is 8.37. The third-order valence-electron chi connectivity index (χ3n) is 2.97. The molecule has 2 rings (SSSR count). The van der Waals surface area contributed by atoms with Gasteiger partial charge in [-0.3, -0.25) is 0 Å². The second-order valence-electron chi connectivity index (χ2n) is 4.60. The summed E-state index contributed by atoms with van der Waals surface area (Å²) in [6.07, 6.45) is -3.67. The molecule has 0 spiro atoms. The minimum absolute atomic E-state index is 0.127.